The molecule has 0 saturated heterocycles. The third-order valence-corrected chi connectivity index (χ3v) is 3.19. The molecule has 2 aromatic rings. The molecule has 0 bridgehead atoms. The predicted octanol–water partition coefficient (Wildman–Crippen LogP) is 3.29. The van der Waals surface area contributed by atoms with Gasteiger partial charge in [0.15, 0.2) is 0 Å². The standard InChI is InChI=1S/C16H23N3O/c1-12(2)7-9-20-10-8-18-16-13-5-3-4-6-15(13)19-11-14(16)17/h3-6,11-12H,7-10,17H2,1-2H3,(H,18,19). The maximum Gasteiger partial charge on any atom is 0.0743 e. The normalized spacial score (nSPS) is 11.2. The second-order valence-electron chi connectivity index (χ2n) is 5.33. The van der Waals surface area contributed by atoms with Gasteiger partial charge >= 0.3 is 0 Å². The lowest BCUT2D eigenvalue weighted by molar-refractivity contribution is 0.133. The molecule has 0 aliphatic rings. The Balaban J connectivity index is 1.91. The zero-order chi connectivity index (χ0) is 14.4. The Labute approximate surface area is 120 Å². The molecular formula is C16H23N3O. The predicted molar refractivity (Wildman–Crippen MR) is 84.9 cm³/mol. The molecule has 0 radical (unpaired) electrons. The van der Waals surface area contributed by atoms with E-state index in [1.807, 2.05) is 24.3 Å². The largest absolute Gasteiger partial charge is 0.396 e. The van der Waals surface area contributed by atoms with E-state index in [2.05, 4.69) is 24.1 Å². The summed E-state index contributed by atoms with van der Waals surface area (Å²) in [7, 11) is 0. The summed E-state index contributed by atoms with van der Waals surface area (Å²) in [5.41, 5.74) is 8.57. The van der Waals surface area contributed by atoms with Crippen molar-refractivity contribution in [1.82, 2.24) is 4.98 Å². The van der Waals surface area contributed by atoms with E-state index in [4.69, 9.17) is 10.5 Å². The van der Waals surface area contributed by atoms with Crippen molar-refractivity contribution in [3.8, 4) is 0 Å². The van der Waals surface area contributed by atoms with Crippen LogP contribution in [-0.4, -0.2) is 24.7 Å². The Morgan fingerprint density at radius 3 is 2.85 bits per heavy atom. The van der Waals surface area contributed by atoms with Crippen LogP contribution in [0.4, 0.5) is 11.4 Å². The van der Waals surface area contributed by atoms with Gasteiger partial charge in [-0.05, 0) is 18.4 Å². The number of nitrogens with one attached hydrogen (secondary N) is 1. The maximum atomic E-state index is 6.00. The summed E-state index contributed by atoms with van der Waals surface area (Å²) in [6.45, 7) is 6.64. The van der Waals surface area contributed by atoms with Gasteiger partial charge in [0, 0.05) is 18.5 Å². The van der Waals surface area contributed by atoms with Crippen molar-refractivity contribution in [1.29, 1.82) is 0 Å². The van der Waals surface area contributed by atoms with Crippen LogP contribution >= 0.6 is 0 Å². The number of nitrogens with two attached hydrogens (primary N) is 1. The van der Waals surface area contributed by atoms with Crippen LogP contribution in [0.1, 0.15) is 20.3 Å². The molecule has 4 nitrogen and oxygen atoms in total. The van der Waals surface area contributed by atoms with Gasteiger partial charge in [-0.1, -0.05) is 32.0 Å². The minimum absolute atomic E-state index is 0.672. The van der Waals surface area contributed by atoms with E-state index in [9.17, 15) is 0 Å². The zero-order valence-electron chi connectivity index (χ0n) is 12.2. The van der Waals surface area contributed by atoms with Gasteiger partial charge in [-0.15, -0.1) is 0 Å². The van der Waals surface area contributed by atoms with E-state index in [0.29, 0.717) is 18.2 Å². The van der Waals surface area contributed by atoms with Crippen LogP contribution in [0.15, 0.2) is 30.5 Å². The van der Waals surface area contributed by atoms with Crippen LogP contribution in [0.25, 0.3) is 10.9 Å². The van der Waals surface area contributed by atoms with Gasteiger partial charge in [0.2, 0.25) is 0 Å². The molecule has 4 heteroatoms. The van der Waals surface area contributed by atoms with Crippen molar-refractivity contribution in [2.45, 2.75) is 20.3 Å². The molecule has 1 aromatic heterocycles. The molecule has 20 heavy (non-hydrogen) atoms. The SMILES string of the molecule is CC(C)CCOCCNc1c(N)cnc2ccccc12. The Morgan fingerprint density at radius 2 is 2.05 bits per heavy atom. The highest BCUT2D eigenvalue weighted by molar-refractivity contribution is 5.96. The average Bonchev–Trinajstić information content (AvgIpc) is 2.44. The van der Waals surface area contributed by atoms with E-state index in [-0.39, 0.29) is 0 Å². The van der Waals surface area contributed by atoms with Gasteiger partial charge in [0.25, 0.3) is 0 Å². The van der Waals surface area contributed by atoms with Crippen LogP contribution in [0.3, 0.4) is 0 Å². The Morgan fingerprint density at radius 1 is 1.25 bits per heavy atom. The van der Waals surface area contributed by atoms with E-state index in [1.165, 1.54) is 0 Å². The molecule has 0 aliphatic heterocycles. The van der Waals surface area contributed by atoms with Crippen LogP contribution < -0.4 is 11.1 Å². The topological polar surface area (TPSA) is 60.2 Å². The number of pyridine rings is 1. The smallest absolute Gasteiger partial charge is 0.0743 e. The lowest BCUT2D eigenvalue weighted by Gasteiger charge is -2.12. The molecule has 2 rings (SSSR count). The van der Waals surface area contributed by atoms with Gasteiger partial charge in [-0.2, -0.15) is 0 Å². The molecule has 0 amide bonds. The van der Waals surface area contributed by atoms with Crippen molar-refractivity contribution in [3.63, 3.8) is 0 Å². The first-order chi connectivity index (χ1) is 9.68. The fraction of sp³-hybridized carbons (Fsp3) is 0.438. The number of nitrogens with zero attached hydrogens (tertiary/aromatic N) is 1. The first kappa shape index (κ1) is 14.6. The van der Waals surface area contributed by atoms with E-state index < -0.39 is 0 Å². The maximum absolute atomic E-state index is 6.00. The molecule has 0 unspecified atom stereocenters. The Kier molecular flexibility index (Phi) is 5.18. The Bertz CT molecular complexity index is 554. The molecule has 0 spiro atoms. The molecule has 1 heterocycles. The first-order valence-corrected chi connectivity index (χ1v) is 7.13. The average molecular weight is 273 g/mol. The number of aromatic nitrogens is 1. The summed E-state index contributed by atoms with van der Waals surface area (Å²) >= 11 is 0. The highest BCUT2D eigenvalue weighted by Gasteiger charge is 2.05. The number of para-hydroxylation sites is 1. The number of fused-ring (bicyclic) bond motifs is 1. The molecule has 1 aromatic carbocycles. The highest BCUT2D eigenvalue weighted by atomic mass is 16.5. The summed E-state index contributed by atoms with van der Waals surface area (Å²) in [6, 6.07) is 7.98. The molecule has 108 valence electrons. The summed E-state index contributed by atoms with van der Waals surface area (Å²) in [4.78, 5) is 4.32. The van der Waals surface area contributed by atoms with Crippen LogP contribution in [0.5, 0.6) is 0 Å². The number of benzene rings is 1. The lowest BCUT2D eigenvalue weighted by atomic mass is 10.1. The van der Waals surface area contributed by atoms with Gasteiger partial charge in [0.1, 0.15) is 0 Å². The second kappa shape index (κ2) is 7.10. The number of anilines is 2. The van der Waals surface area contributed by atoms with Gasteiger partial charge in [-0.3, -0.25) is 4.98 Å². The van der Waals surface area contributed by atoms with Crippen LogP contribution in [0, 0.1) is 5.92 Å². The lowest BCUT2D eigenvalue weighted by Crippen LogP contribution is -2.12. The molecule has 0 saturated carbocycles. The third kappa shape index (κ3) is 3.84. The monoisotopic (exact) mass is 273 g/mol. The summed E-state index contributed by atoms with van der Waals surface area (Å²) in [6.07, 6.45) is 2.80. The van der Waals surface area contributed by atoms with Crippen molar-refractivity contribution in [2.75, 3.05) is 30.8 Å². The molecule has 3 N–H and O–H groups in total. The molecular weight excluding hydrogens is 250 g/mol. The Hall–Kier alpha value is -1.81. The number of hydrogen-bond acceptors (Lipinski definition) is 4. The third-order valence-electron chi connectivity index (χ3n) is 3.19. The van der Waals surface area contributed by atoms with Gasteiger partial charge < -0.3 is 15.8 Å². The fourth-order valence-electron chi connectivity index (χ4n) is 2.02. The van der Waals surface area contributed by atoms with Crippen molar-refractivity contribution in [2.24, 2.45) is 5.92 Å². The van der Waals surface area contributed by atoms with Crippen molar-refractivity contribution < 1.29 is 4.74 Å². The number of ether oxygens (including phenoxy) is 1. The minimum atomic E-state index is 0.672. The first-order valence-electron chi connectivity index (χ1n) is 7.13. The van der Waals surface area contributed by atoms with E-state index in [0.717, 1.165) is 36.2 Å². The number of rotatable bonds is 7. The van der Waals surface area contributed by atoms with Crippen molar-refractivity contribution >= 4 is 22.3 Å². The summed E-state index contributed by atoms with van der Waals surface area (Å²) in [5, 5.41) is 4.40. The van der Waals surface area contributed by atoms with Gasteiger partial charge in [0.05, 0.1) is 29.7 Å². The molecule has 0 aliphatic carbocycles. The van der Waals surface area contributed by atoms with Crippen LogP contribution in [0.2, 0.25) is 0 Å². The van der Waals surface area contributed by atoms with E-state index in [1.54, 1.807) is 6.20 Å². The quantitative estimate of drug-likeness (QED) is 0.760. The molecule has 0 atom stereocenters. The van der Waals surface area contributed by atoms with Gasteiger partial charge in [-0.25, -0.2) is 0 Å². The second-order valence-corrected chi connectivity index (χ2v) is 5.33. The van der Waals surface area contributed by atoms with E-state index >= 15 is 0 Å². The summed E-state index contributed by atoms with van der Waals surface area (Å²) < 4.78 is 5.60. The zero-order valence-corrected chi connectivity index (χ0v) is 12.2. The fourth-order valence-corrected chi connectivity index (χ4v) is 2.02. The summed E-state index contributed by atoms with van der Waals surface area (Å²) in [5.74, 6) is 0.683. The molecule has 0 fully saturated rings. The van der Waals surface area contributed by atoms with Crippen LogP contribution in [-0.2, 0) is 4.74 Å². The number of hydrogen-bond donors (Lipinski definition) is 2. The van der Waals surface area contributed by atoms with Crippen molar-refractivity contribution in [3.05, 3.63) is 30.5 Å². The number of nitrogen functional groups attached to an aromatic ring is 1. The highest BCUT2D eigenvalue weighted by Crippen LogP contribution is 2.27. The minimum Gasteiger partial charge on any atom is -0.396 e.